The first kappa shape index (κ1) is 13.8. The summed E-state index contributed by atoms with van der Waals surface area (Å²) in [6.45, 7) is 1.91. The number of anilines is 2. The molecule has 0 heterocycles. The Hall–Kier alpha value is -1.65. The van der Waals surface area contributed by atoms with E-state index in [2.05, 4.69) is 5.32 Å². The first-order valence-corrected chi connectivity index (χ1v) is 6.42. The third-order valence-electron chi connectivity index (χ3n) is 3.55. The molecule has 1 aromatic rings. The summed E-state index contributed by atoms with van der Waals surface area (Å²) in [5.74, 6) is -3.17. The predicted molar refractivity (Wildman–Crippen MR) is 71.1 cm³/mol. The van der Waals surface area contributed by atoms with Gasteiger partial charge in [-0.3, -0.25) is 4.79 Å². The Morgan fingerprint density at radius 2 is 2.00 bits per heavy atom. The van der Waals surface area contributed by atoms with Crippen molar-refractivity contribution < 1.29 is 13.6 Å². The zero-order valence-electron chi connectivity index (χ0n) is 10.9. The topological polar surface area (TPSA) is 55.1 Å². The summed E-state index contributed by atoms with van der Waals surface area (Å²) in [4.78, 5) is 12.0. The van der Waals surface area contributed by atoms with Crippen molar-refractivity contribution in [2.24, 2.45) is 5.92 Å². The summed E-state index contributed by atoms with van der Waals surface area (Å²) in [6, 6.07) is 5.35. The number of benzene rings is 1. The highest BCUT2D eigenvalue weighted by Gasteiger charge is 2.37. The van der Waals surface area contributed by atoms with Crippen LogP contribution in [-0.2, 0) is 4.79 Å². The molecule has 3 nitrogen and oxygen atoms in total. The quantitative estimate of drug-likeness (QED) is 0.808. The van der Waals surface area contributed by atoms with Gasteiger partial charge in [-0.25, -0.2) is 8.78 Å². The van der Waals surface area contributed by atoms with Gasteiger partial charge in [0, 0.05) is 18.8 Å². The maximum absolute atomic E-state index is 13.0. The van der Waals surface area contributed by atoms with E-state index < -0.39 is 5.92 Å². The Morgan fingerprint density at radius 1 is 1.37 bits per heavy atom. The molecule has 1 aliphatic rings. The van der Waals surface area contributed by atoms with Gasteiger partial charge in [0.05, 0.1) is 11.4 Å². The highest BCUT2D eigenvalue weighted by molar-refractivity contribution is 5.95. The number of rotatable bonds is 2. The van der Waals surface area contributed by atoms with Crippen LogP contribution >= 0.6 is 0 Å². The monoisotopic (exact) mass is 268 g/mol. The van der Waals surface area contributed by atoms with Crippen LogP contribution in [0, 0.1) is 12.8 Å². The molecule has 19 heavy (non-hydrogen) atoms. The molecule has 0 bridgehead atoms. The van der Waals surface area contributed by atoms with Gasteiger partial charge in [0.2, 0.25) is 11.8 Å². The standard InChI is InChI=1S/C14H18F2N2O/c1-9-2-3-12(11(17)8-9)18-13(19)10-4-6-14(15,16)7-5-10/h2-3,8,10H,4-7,17H2,1H3,(H,18,19). The van der Waals surface area contributed by atoms with Crippen molar-refractivity contribution in [2.75, 3.05) is 11.1 Å². The van der Waals surface area contributed by atoms with Gasteiger partial charge in [0.1, 0.15) is 0 Å². The molecule has 1 aliphatic carbocycles. The molecule has 1 amide bonds. The van der Waals surface area contributed by atoms with E-state index in [4.69, 9.17) is 5.73 Å². The van der Waals surface area contributed by atoms with Crippen molar-refractivity contribution in [1.29, 1.82) is 0 Å². The SMILES string of the molecule is Cc1ccc(NC(=O)C2CCC(F)(F)CC2)c(N)c1. The average molecular weight is 268 g/mol. The number of carbonyl (C=O) groups excluding carboxylic acids is 1. The molecule has 0 aromatic heterocycles. The zero-order chi connectivity index (χ0) is 14.0. The lowest BCUT2D eigenvalue weighted by Crippen LogP contribution is -2.32. The Balaban J connectivity index is 1.98. The van der Waals surface area contributed by atoms with Crippen LogP contribution < -0.4 is 11.1 Å². The molecule has 1 saturated carbocycles. The maximum atomic E-state index is 13.0. The minimum Gasteiger partial charge on any atom is -0.397 e. The van der Waals surface area contributed by atoms with Gasteiger partial charge >= 0.3 is 0 Å². The number of aryl methyl sites for hydroxylation is 1. The summed E-state index contributed by atoms with van der Waals surface area (Å²) in [6.07, 6.45) is 0.0259. The summed E-state index contributed by atoms with van der Waals surface area (Å²) in [5, 5.41) is 2.73. The van der Waals surface area contributed by atoms with Crippen molar-refractivity contribution in [3.63, 3.8) is 0 Å². The number of nitrogens with two attached hydrogens (primary N) is 1. The largest absolute Gasteiger partial charge is 0.397 e. The highest BCUT2D eigenvalue weighted by atomic mass is 19.3. The minimum absolute atomic E-state index is 0.214. The van der Waals surface area contributed by atoms with E-state index in [9.17, 15) is 13.6 Å². The van der Waals surface area contributed by atoms with E-state index in [1.807, 2.05) is 13.0 Å². The number of amides is 1. The van der Waals surface area contributed by atoms with E-state index in [-0.39, 0.29) is 37.5 Å². The molecule has 0 radical (unpaired) electrons. The first-order valence-electron chi connectivity index (χ1n) is 6.42. The van der Waals surface area contributed by atoms with Crippen LogP contribution in [0.2, 0.25) is 0 Å². The van der Waals surface area contributed by atoms with E-state index in [0.717, 1.165) is 5.56 Å². The number of hydrogen-bond donors (Lipinski definition) is 2. The van der Waals surface area contributed by atoms with E-state index in [1.54, 1.807) is 12.1 Å². The Morgan fingerprint density at radius 3 is 2.58 bits per heavy atom. The second kappa shape index (κ2) is 5.15. The van der Waals surface area contributed by atoms with Crippen LogP contribution in [0.25, 0.3) is 0 Å². The van der Waals surface area contributed by atoms with Crippen LogP contribution in [-0.4, -0.2) is 11.8 Å². The Bertz CT molecular complexity index is 478. The highest BCUT2D eigenvalue weighted by Crippen LogP contribution is 2.36. The van der Waals surface area contributed by atoms with Crippen LogP contribution in [0.1, 0.15) is 31.2 Å². The molecule has 0 unspecified atom stereocenters. The number of nitrogen functional groups attached to an aromatic ring is 1. The molecule has 5 heteroatoms. The number of hydrogen-bond acceptors (Lipinski definition) is 2. The molecule has 2 rings (SSSR count). The van der Waals surface area contributed by atoms with Gasteiger partial charge in [0.25, 0.3) is 0 Å². The smallest absolute Gasteiger partial charge is 0.248 e. The zero-order valence-corrected chi connectivity index (χ0v) is 10.9. The van der Waals surface area contributed by atoms with Crippen LogP contribution in [0.4, 0.5) is 20.2 Å². The molecular weight excluding hydrogens is 250 g/mol. The van der Waals surface area contributed by atoms with Gasteiger partial charge in [-0.2, -0.15) is 0 Å². The average Bonchev–Trinajstić information content (AvgIpc) is 2.32. The summed E-state index contributed by atoms with van der Waals surface area (Å²) < 4.78 is 26.0. The Kier molecular flexibility index (Phi) is 3.73. The lowest BCUT2D eigenvalue weighted by molar-refractivity contribution is -0.124. The van der Waals surface area contributed by atoms with Gasteiger partial charge in [-0.05, 0) is 37.5 Å². The number of carbonyl (C=O) groups is 1. The molecule has 1 fully saturated rings. The van der Waals surface area contributed by atoms with Gasteiger partial charge < -0.3 is 11.1 Å². The lowest BCUT2D eigenvalue weighted by Gasteiger charge is -2.27. The summed E-state index contributed by atoms with van der Waals surface area (Å²) in [5.41, 5.74) is 7.86. The van der Waals surface area contributed by atoms with Gasteiger partial charge in [-0.1, -0.05) is 6.07 Å². The minimum atomic E-state index is -2.61. The predicted octanol–water partition coefficient (Wildman–Crippen LogP) is 3.34. The van der Waals surface area contributed by atoms with Crippen molar-refractivity contribution in [1.82, 2.24) is 0 Å². The number of halogens is 2. The number of nitrogens with one attached hydrogen (secondary N) is 1. The normalized spacial score (nSPS) is 19.1. The van der Waals surface area contributed by atoms with Crippen LogP contribution in [0.15, 0.2) is 18.2 Å². The fourth-order valence-corrected chi connectivity index (χ4v) is 2.33. The van der Waals surface area contributed by atoms with Crippen molar-refractivity contribution in [3.05, 3.63) is 23.8 Å². The van der Waals surface area contributed by atoms with E-state index >= 15 is 0 Å². The lowest BCUT2D eigenvalue weighted by atomic mass is 9.86. The fourth-order valence-electron chi connectivity index (χ4n) is 2.33. The molecule has 3 N–H and O–H groups in total. The molecule has 0 spiro atoms. The van der Waals surface area contributed by atoms with E-state index in [0.29, 0.717) is 11.4 Å². The summed E-state index contributed by atoms with van der Waals surface area (Å²) in [7, 11) is 0. The van der Waals surface area contributed by atoms with E-state index in [1.165, 1.54) is 0 Å². The van der Waals surface area contributed by atoms with Crippen molar-refractivity contribution in [3.8, 4) is 0 Å². The third kappa shape index (κ3) is 3.43. The molecule has 104 valence electrons. The Labute approximate surface area is 111 Å². The fraction of sp³-hybridized carbons (Fsp3) is 0.500. The van der Waals surface area contributed by atoms with Crippen LogP contribution in [0.5, 0.6) is 0 Å². The van der Waals surface area contributed by atoms with Gasteiger partial charge in [0.15, 0.2) is 0 Å². The maximum Gasteiger partial charge on any atom is 0.248 e. The van der Waals surface area contributed by atoms with Gasteiger partial charge in [-0.15, -0.1) is 0 Å². The van der Waals surface area contributed by atoms with Crippen molar-refractivity contribution >= 4 is 17.3 Å². The van der Waals surface area contributed by atoms with Crippen LogP contribution in [0.3, 0.4) is 0 Å². The van der Waals surface area contributed by atoms with Crippen molar-refractivity contribution in [2.45, 2.75) is 38.5 Å². The third-order valence-corrected chi connectivity index (χ3v) is 3.55. The summed E-state index contributed by atoms with van der Waals surface area (Å²) >= 11 is 0. The molecule has 0 atom stereocenters. The molecule has 1 aromatic carbocycles. The molecular formula is C14H18F2N2O. The second-order valence-electron chi connectivity index (χ2n) is 5.21. The molecule has 0 aliphatic heterocycles. The second-order valence-corrected chi connectivity index (χ2v) is 5.21. The molecule has 0 saturated heterocycles. The number of alkyl halides is 2. The first-order chi connectivity index (χ1) is 8.87.